The Labute approximate surface area is 170 Å². The van der Waals surface area contributed by atoms with Crippen LogP contribution < -0.4 is 5.32 Å². The number of rotatable bonds is 4. The molecule has 0 aliphatic carbocycles. The summed E-state index contributed by atoms with van der Waals surface area (Å²) in [5.41, 5.74) is 0. The monoisotopic (exact) mass is 462 g/mol. The molecule has 2 bridgehead atoms. The molecule has 4 aliphatic rings. The summed E-state index contributed by atoms with van der Waals surface area (Å²) in [6.45, 7) is 12.3. The average molecular weight is 462 g/mol. The van der Waals surface area contributed by atoms with Crippen LogP contribution in [-0.4, -0.2) is 73.8 Å². The molecule has 4 rings (SSSR count). The fourth-order valence-corrected chi connectivity index (χ4v) is 5.14. The molecule has 4 saturated heterocycles. The molecule has 1 N–H and O–H groups in total. The van der Waals surface area contributed by atoms with Crippen molar-refractivity contribution >= 4 is 29.9 Å². The zero-order valence-electron chi connectivity index (χ0n) is 15.8. The van der Waals surface area contributed by atoms with Gasteiger partial charge in [-0.3, -0.25) is 4.99 Å². The van der Waals surface area contributed by atoms with E-state index in [-0.39, 0.29) is 24.0 Å². The first-order chi connectivity index (χ1) is 11.7. The number of aliphatic imine (C=N–C) groups is 1. The highest BCUT2D eigenvalue weighted by Gasteiger charge is 2.53. The van der Waals surface area contributed by atoms with Crippen molar-refractivity contribution in [2.24, 2.45) is 22.7 Å². The van der Waals surface area contributed by atoms with Crippen LogP contribution in [0.5, 0.6) is 0 Å². The highest BCUT2D eigenvalue weighted by atomic mass is 127. The van der Waals surface area contributed by atoms with Crippen LogP contribution >= 0.6 is 24.0 Å². The Morgan fingerprint density at radius 2 is 1.72 bits per heavy atom. The molecule has 0 aromatic carbocycles. The quantitative estimate of drug-likeness (QED) is 0.396. The van der Waals surface area contributed by atoms with E-state index in [1.54, 1.807) is 0 Å². The van der Waals surface area contributed by atoms with Gasteiger partial charge in [-0.05, 0) is 51.6 Å². The molecule has 4 fully saturated rings. The van der Waals surface area contributed by atoms with Crippen LogP contribution in [0.2, 0.25) is 0 Å². The Morgan fingerprint density at radius 3 is 2.32 bits per heavy atom. The summed E-state index contributed by atoms with van der Waals surface area (Å²) in [5, 5.41) is 3.53. The van der Waals surface area contributed by atoms with Gasteiger partial charge in [-0.1, -0.05) is 6.92 Å². The first-order valence-electron chi connectivity index (χ1n) is 10.2. The molecule has 0 aromatic heterocycles. The molecule has 25 heavy (non-hydrogen) atoms. The molecule has 144 valence electrons. The summed E-state index contributed by atoms with van der Waals surface area (Å²) >= 11 is 0. The highest BCUT2D eigenvalue weighted by Crippen LogP contribution is 2.47. The molecular weight excluding hydrogens is 427 g/mol. The van der Waals surface area contributed by atoms with Gasteiger partial charge in [0.1, 0.15) is 0 Å². The second kappa shape index (κ2) is 8.74. The minimum Gasteiger partial charge on any atom is -0.374 e. The Morgan fingerprint density at radius 1 is 1.08 bits per heavy atom. The number of fused-ring (bicyclic) bond motifs is 5. The molecule has 0 saturated carbocycles. The minimum atomic E-state index is 0. The summed E-state index contributed by atoms with van der Waals surface area (Å²) in [6, 6.07) is 0. The standard InChI is InChI=1S/C19H34N4O.HI/c1-3-20-19(21-8-11-22-9-6-14(2)7-10-22)23-12-15-16(13-23)18-5-4-17(15)24-18;/h14-18H,3-13H2,1-2H3,(H,20,21);1H. The van der Waals surface area contributed by atoms with Gasteiger partial charge in [0.15, 0.2) is 5.96 Å². The number of hydrogen-bond acceptors (Lipinski definition) is 3. The predicted molar refractivity (Wildman–Crippen MR) is 113 cm³/mol. The SMILES string of the molecule is CCNC(=NCCN1CCC(C)CC1)N1CC2C3CCC(O3)C2C1.I. The topological polar surface area (TPSA) is 40.1 Å². The maximum atomic E-state index is 6.10. The van der Waals surface area contributed by atoms with Crippen LogP contribution in [0, 0.1) is 17.8 Å². The van der Waals surface area contributed by atoms with Gasteiger partial charge in [0, 0.05) is 38.0 Å². The molecule has 0 radical (unpaired) electrons. The third-order valence-electron chi connectivity index (χ3n) is 6.64. The van der Waals surface area contributed by atoms with E-state index in [9.17, 15) is 0 Å². The molecule has 6 heteroatoms. The van der Waals surface area contributed by atoms with Crippen molar-refractivity contribution in [3.05, 3.63) is 0 Å². The lowest BCUT2D eigenvalue weighted by molar-refractivity contribution is 0.0767. The van der Waals surface area contributed by atoms with E-state index in [1.807, 2.05) is 0 Å². The smallest absolute Gasteiger partial charge is 0.193 e. The summed E-state index contributed by atoms with van der Waals surface area (Å²) in [4.78, 5) is 10.0. The van der Waals surface area contributed by atoms with Crippen molar-refractivity contribution in [3.8, 4) is 0 Å². The third-order valence-corrected chi connectivity index (χ3v) is 6.64. The van der Waals surface area contributed by atoms with Gasteiger partial charge in [-0.15, -0.1) is 24.0 Å². The average Bonchev–Trinajstić information content (AvgIpc) is 3.28. The zero-order chi connectivity index (χ0) is 16.5. The lowest BCUT2D eigenvalue weighted by Gasteiger charge is -2.30. The molecule has 0 spiro atoms. The first-order valence-corrected chi connectivity index (χ1v) is 10.2. The maximum absolute atomic E-state index is 6.10. The summed E-state index contributed by atoms with van der Waals surface area (Å²) in [7, 11) is 0. The number of nitrogens with zero attached hydrogens (tertiary/aromatic N) is 3. The van der Waals surface area contributed by atoms with Gasteiger partial charge < -0.3 is 19.9 Å². The Hall–Kier alpha value is -0.0800. The summed E-state index contributed by atoms with van der Waals surface area (Å²) < 4.78 is 6.10. The third kappa shape index (κ3) is 4.26. The van der Waals surface area contributed by atoms with E-state index >= 15 is 0 Å². The van der Waals surface area contributed by atoms with Gasteiger partial charge in [0.25, 0.3) is 0 Å². The van der Waals surface area contributed by atoms with E-state index in [2.05, 4.69) is 29.0 Å². The van der Waals surface area contributed by atoms with Gasteiger partial charge in [-0.2, -0.15) is 0 Å². The summed E-state index contributed by atoms with van der Waals surface area (Å²) in [6.07, 6.45) is 6.32. The van der Waals surface area contributed by atoms with Crippen LogP contribution in [-0.2, 0) is 4.74 Å². The Bertz CT molecular complexity index is 448. The van der Waals surface area contributed by atoms with Crippen LogP contribution in [0.15, 0.2) is 4.99 Å². The largest absolute Gasteiger partial charge is 0.374 e. The van der Waals surface area contributed by atoms with Crippen molar-refractivity contribution in [1.29, 1.82) is 0 Å². The molecule has 4 unspecified atom stereocenters. The lowest BCUT2D eigenvalue weighted by Crippen LogP contribution is -2.42. The normalized spacial score (nSPS) is 35.8. The molecule has 0 aromatic rings. The van der Waals surface area contributed by atoms with Crippen molar-refractivity contribution in [1.82, 2.24) is 15.1 Å². The number of ether oxygens (including phenoxy) is 1. The number of likely N-dealkylation sites (tertiary alicyclic amines) is 2. The Balaban J connectivity index is 0.00000182. The van der Waals surface area contributed by atoms with Crippen molar-refractivity contribution in [3.63, 3.8) is 0 Å². The predicted octanol–water partition coefficient (Wildman–Crippen LogP) is 2.41. The number of guanidine groups is 1. The van der Waals surface area contributed by atoms with Crippen LogP contribution in [0.3, 0.4) is 0 Å². The molecule has 5 nitrogen and oxygen atoms in total. The van der Waals surface area contributed by atoms with Gasteiger partial charge >= 0.3 is 0 Å². The van der Waals surface area contributed by atoms with E-state index in [4.69, 9.17) is 9.73 Å². The number of nitrogens with one attached hydrogen (secondary N) is 1. The fraction of sp³-hybridized carbons (Fsp3) is 0.947. The summed E-state index contributed by atoms with van der Waals surface area (Å²) in [5.74, 6) is 3.53. The van der Waals surface area contributed by atoms with Crippen molar-refractivity contribution in [2.45, 2.75) is 51.7 Å². The first kappa shape index (κ1) is 19.7. The molecule has 4 atom stereocenters. The lowest BCUT2D eigenvalue weighted by atomic mass is 9.82. The van der Waals surface area contributed by atoms with Crippen LogP contribution in [0.1, 0.15) is 39.5 Å². The minimum absolute atomic E-state index is 0. The molecule has 0 amide bonds. The maximum Gasteiger partial charge on any atom is 0.193 e. The second-order valence-electron chi connectivity index (χ2n) is 8.28. The van der Waals surface area contributed by atoms with E-state index in [1.165, 1.54) is 38.8 Å². The second-order valence-corrected chi connectivity index (χ2v) is 8.28. The van der Waals surface area contributed by atoms with E-state index in [0.717, 1.165) is 56.4 Å². The molecular formula is C19H35IN4O. The number of halogens is 1. The molecule has 4 heterocycles. The zero-order valence-corrected chi connectivity index (χ0v) is 18.2. The van der Waals surface area contributed by atoms with Gasteiger partial charge in [0.05, 0.1) is 18.8 Å². The Kier molecular flexibility index (Phi) is 6.88. The van der Waals surface area contributed by atoms with E-state index < -0.39 is 0 Å². The van der Waals surface area contributed by atoms with Gasteiger partial charge in [-0.25, -0.2) is 0 Å². The van der Waals surface area contributed by atoms with E-state index in [0.29, 0.717) is 12.2 Å². The van der Waals surface area contributed by atoms with Gasteiger partial charge in [0.2, 0.25) is 0 Å². The highest BCUT2D eigenvalue weighted by molar-refractivity contribution is 14.0. The molecule has 4 aliphatic heterocycles. The van der Waals surface area contributed by atoms with Crippen molar-refractivity contribution < 1.29 is 4.74 Å². The van der Waals surface area contributed by atoms with Crippen LogP contribution in [0.25, 0.3) is 0 Å². The number of hydrogen-bond donors (Lipinski definition) is 1. The van der Waals surface area contributed by atoms with Crippen molar-refractivity contribution in [2.75, 3.05) is 45.8 Å². The number of piperidine rings is 1. The van der Waals surface area contributed by atoms with Crippen LogP contribution in [0.4, 0.5) is 0 Å². The fourth-order valence-electron chi connectivity index (χ4n) is 5.14.